The second-order valence-corrected chi connectivity index (χ2v) is 3.59. The number of carbonyl (C=O) groups is 1. The first-order valence-electron chi connectivity index (χ1n) is 5.00. The second-order valence-electron chi connectivity index (χ2n) is 3.59. The summed E-state index contributed by atoms with van der Waals surface area (Å²) in [6.45, 7) is -2.04. The van der Waals surface area contributed by atoms with Gasteiger partial charge in [-0.3, -0.25) is 4.79 Å². The lowest BCUT2D eigenvalue weighted by molar-refractivity contribution is -0.275. The number of benzene rings is 1. The van der Waals surface area contributed by atoms with Gasteiger partial charge in [-0.05, 0) is 24.6 Å². The predicted octanol–water partition coefficient (Wildman–Crippen LogP) is 3.32. The van der Waals surface area contributed by atoms with Crippen molar-refractivity contribution in [1.29, 1.82) is 0 Å². The third-order valence-electron chi connectivity index (χ3n) is 1.90. The summed E-state index contributed by atoms with van der Waals surface area (Å²) in [5.74, 6) is -1.95. The molecule has 3 nitrogen and oxygen atoms in total. The van der Waals surface area contributed by atoms with Crippen LogP contribution in [0.1, 0.15) is 12.5 Å². The van der Waals surface area contributed by atoms with E-state index in [9.17, 15) is 26.7 Å². The monoisotopic (exact) mass is 284 g/mol. The Labute approximate surface area is 104 Å². The number of ketones is 1. The molecule has 0 aromatic heterocycles. The van der Waals surface area contributed by atoms with Crippen LogP contribution in [0.5, 0.6) is 11.5 Å². The van der Waals surface area contributed by atoms with Crippen molar-refractivity contribution < 1.29 is 36.2 Å². The highest BCUT2D eigenvalue weighted by Crippen LogP contribution is 2.34. The van der Waals surface area contributed by atoms with E-state index in [1.165, 1.54) is 13.0 Å². The SMILES string of the molecule is CC(=O)Cc1ccc(OC(F)F)c(OC(F)(F)F)c1. The Morgan fingerprint density at radius 1 is 1.26 bits per heavy atom. The Morgan fingerprint density at radius 2 is 1.89 bits per heavy atom. The van der Waals surface area contributed by atoms with Gasteiger partial charge in [-0.2, -0.15) is 8.78 Å². The molecule has 1 aromatic carbocycles. The van der Waals surface area contributed by atoms with Crippen molar-refractivity contribution in [1.82, 2.24) is 0 Å². The predicted molar refractivity (Wildman–Crippen MR) is 54.1 cm³/mol. The summed E-state index contributed by atoms with van der Waals surface area (Å²) >= 11 is 0. The molecule has 8 heteroatoms. The molecule has 1 aromatic rings. The molecule has 0 bridgehead atoms. The minimum atomic E-state index is -5.05. The highest BCUT2D eigenvalue weighted by molar-refractivity contribution is 5.78. The van der Waals surface area contributed by atoms with E-state index in [-0.39, 0.29) is 17.8 Å². The molecule has 0 saturated carbocycles. The zero-order valence-corrected chi connectivity index (χ0v) is 9.63. The van der Waals surface area contributed by atoms with Crippen LogP contribution < -0.4 is 9.47 Å². The smallest absolute Gasteiger partial charge is 0.431 e. The molecule has 0 atom stereocenters. The van der Waals surface area contributed by atoms with E-state index >= 15 is 0 Å². The standard InChI is InChI=1S/C11H9F5O3/c1-6(17)4-7-2-3-8(18-10(12)13)9(5-7)19-11(14,15)16/h2-3,5,10H,4H2,1H3. The van der Waals surface area contributed by atoms with E-state index in [1.54, 1.807) is 0 Å². The van der Waals surface area contributed by atoms with Gasteiger partial charge in [0.2, 0.25) is 0 Å². The average molecular weight is 284 g/mol. The summed E-state index contributed by atoms with van der Waals surface area (Å²) in [6.07, 6.45) is -5.18. The first-order chi connectivity index (χ1) is 8.67. The summed E-state index contributed by atoms with van der Waals surface area (Å²) < 4.78 is 67.9. The van der Waals surface area contributed by atoms with Crippen LogP contribution in [0.3, 0.4) is 0 Å². The van der Waals surface area contributed by atoms with Crippen molar-refractivity contribution in [2.45, 2.75) is 26.3 Å². The van der Waals surface area contributed by atoms with Gasteiger partial charge in [-0.15, -0.1) is 13.2 Å². The van der Waals surface area contributed by atoms with Crippen molar-refractivity contribution in [2.24, 2.45) is 0 Å². The maximum absolute atomic E-state index is 12.1. The molecule has 1 rings (SSSR count). The van der Waals surface area contributed by atoms with Gasteiger partial charge in [-0.1, -0.05) is 6.07 Å². The molecule has 0 unspecified atom stereocenters. The van der Waals surface area contributed by atoms with E-state index in [4.69, 9.17) is 0 Å². The zero-order valence-electron chi connectivity index (χ0n) is 9.63. The molecular formula is C11H9F5O3. The topological polar surface area (TPSA) is 35.5 Å². The fourth-order valence-electron chi connectivity index (χ4n) is 1.35. The van der Waals surface area contributed by atoms with Gasteiger partial charge in [0.15, 0.2) is 11.5 Å². The zero-order chi connectivity index (χ0) is 14.6. The molecule has 19 heavy (non-hydrogen) atoms. The Morgan fingerprint density at radius 3 is 2.37 bits per heavy atom. The Bertz CT molecular complexity index is 456. The third-order valence-corrected chi connectivity index (χ3v) is 1.90. The third kappa shape index (κ3) is 5.54. The molecule has 106 valence electrons. The van der Waals surface area contributed by atoms with Crippen LogP contribution in [0.15, 0.2) is 18.2 Å². The van der Waals surface area contributed by atoms with E-state index in [2.05, 4.69) is 9.47 Å². The molecule has 0 spiro atoms. The lowest BCUT2D eigenvalue weighted by Gasteiger charge is -2.14. The van der Waals surface area contributed by atoms with Gasteiger partial charge in [0.05, 0.1) is 0 Å². The minimum Gasteiger partial charge on any atom is -0.431 e. The Hall–Kier alpha value is -1.86. The van der Waals surface area contributed by atoms with Crippen LogP contribution in [-0.2, 0) is 11.2 Å². The number of Topliss-reactive ketones (excluding diaryl/α,β-unsaturated/α-hetero) is 1. The Kier molecular flexibility index (Phi) is 4.68. The lowest BCUT2D eigenvalue weighted by atomic mass is 10.1. The maximum Gasteiger partial charge on any atom is 0.573 e. The number of rotatable bonds is 5. The molecule has 0 aliphatic heterocycles. The van der Waals surface area contributed by atoms with Gasteiger partial charge in [0.25, 0.3) is 0 Å². The van der Waals surface area contributed by atoms with Crippen LogP contribution in [0.4, 0.5) is 22.0 Å². The molecule has 0 saturated heterocycles. The summed E-state index contributed by atoms with van der Waals surface area (Å²) in [7, 11) is 0. The summed E-state index contributed by atoms with van der Waals surface area (Å²) in [5, 5.41) is 0. The second kappa shape index (κ2) is 5.85. The van der Waals surface area contributed by atoms with Crippen molar-refractivity contribution in [2.75, 3.05) is 0 Å². The van der Waals surface area contributed by atoms with E-state index in [0.29, 0.717) is 0 Å². The van der Waals surface area contributed by atoms with Crippen LogP contribution in [0, 0.1) is 0 Å². The van der Waals surface area contributed by atoms with Gasteiger partial charge in [0, 0.05) is 6.42 Å². The highest BCUT2D eigenvalue weighted by atomic mass is 19.4. The van der Waals surface area contributed by atoms with Gasteiger partial charge in [-0.25, -0.2) is 0 Å². The summed E-state index contributed by atoms with van der Waals surface area (Å²) in [5.41, 5.74) is 0.202. The van der Waals surface area contributed by atoms with Crippen molar-refractivity contribution in [3.05, 3.63) is 23.8 Å². The number of hydrogen-bond donors (Lipinski definition) is 0. The molecule has 0 radical (unpaired) electrons. The normalized spacial score (nSPS) is 11.5. The van der Waals surface area contributed by atoms with E-state index in [1.807, 2.05) is 0 Å². The quantitative estimate of drug-likeness (QED) is 0.778. The fourth-order valence-corrected chi connectivity index (χ4v) is 1.35. The summed E-state index contributed by atoms with van der Waals surface area (Å²) in [4.78, 5) is 10.9. The number of alkyl halides is 5. The van der Waals surface area contributed by atoms with Crippen LogP contribution in [0.2, 0.25) is 0 Å². The average Bonchev–Trinajstić information content (AvgIpc) is 2.18. The number of hydrogen-bond acceptors (Lipinski definition) is 3. The number of carbonyl (C=O) groups excluding carboxylic acids is 1. The first-order valence-corrected chi connectivity index (χ1v) is 5.00. The number of ether oxygens (including phenoxy) is 2. The molecular weight excluding hydrogens is 275 g/mol. The van der Waals surface area contributed by atoms with Crippen molar-refractivity contribution in [3.63, 3.8) is 0 Å². The highest BCUT2D eigenvalue weighted by Gasteiger charge is 2.33. The molecule has 0 amide bonds. The lowest BCUT2D eigenvalue weighted by Crippen LogP contribution is -2.18. The number of halogens is 5. The molecule has 0 fully saturated rings. The van der Waals surface area contributed by atoms with Crippen molar-refractivity contribution >= 4 is 5.78 Å². The minimum absolute atomic E-state index is 0.136. The van der Waals surface area contributed by atoms with E-state index < -0.39 is 24.5 Å². The molecule has 0 heterocycles. The van der Waals surface area contributed by atoms with Gasteiger partial charge in [0.1, 0.15) is 5.78 Å². The van der Waals surface area contributed by atoms with E-state index in [0.717, 1.165) is 12.1 Å². The maximum atomic E-state index is 12.1. The van der Waals surface area contributed by atoms with Crippen LogP contribution in [0.25, 0.3) is 0 Å². The molecule has 0 aliphatic carbocycles. The van der Waals surface area contributed by atoms with Crippen LogP contribution >= 0.6 is 0 Å². The Balaban J connectivity index is 3.06. The van der Waals surface area contributed by atoms with Gasteiger partial charge >= 0.3 is 13.0 Å². The fraction of sp³-hybridized carbons (Fsp3) is 0.364. The first kappa shape index (κ1) is 15.2. The van der Waals surface area contributed by atoms with Crippen molar-refractivity contribution in [3.8, 4) is 11.5 Å². The molecule has 0 N–H and O–H groups in total. The molecule has 0 aliphatic rings. The van der Waals surface area contributed by atoms with Gasteiger partial charge < -0.3 is 9.47 Å². The largest absolute Gasteiger partial charge is 0.573 e. The van der Waals surface area contributed by atoms with Crippen LogP contribution in [-0.4, -0.2) is 18.8 Å². The summed E-state index contributed by atoms with van der Waals surface area (Å²) in [6, 6.07) is 2.94.